The molecule has 6 nitrogen and oxygen atoms in total. The van der Waals surface area contributed by atoms with Crippen LogP contribution < -0.4 is 20.1 Å². The highest BCUT2D eigenvalue weighted by molar-refractivity contribution is 9.10. The van der Waals surface area contributed by atoms with Crippen LogP contribution in [0.15, 0.2) is 46.9 Å². The summed E-state index contributed by atoms with van der Waals surface area (Å²) in [6.07, 6.45) is 0. The number of amides is 3. The maximum Gasteiger partial charge on any atom is 0.326 e. The second kappa shape index (κ2) is 6.70. The molecule has 2 aromatic carbocycles. The summed E-state index contributed by atoms with van der Waals surface area (Å²) in [4.78, 5) is 24.0. The maximum absolute atomic E-state index is 12.1. The van der Waals surface area contributed by atoms with E-state index in [9.17, 15) is 9.59 Å². The maximum atomic E-state index is 12.1. The van der Waals surface area contributed by atoms with Gasteiger partial charge in [-0.25, -0.2) is 4.79 Å². The van der Waals surface area contributed by atoms with Gasteiger partial charge in [-0.1, -0.05) is 22.0 Å². The molecule has 1 aliphatic heterocycles. The molecule has 2 N–H and O–H groups in total. The summed E-state index contributed by atoms with van der Waals surface area (Å²) in [5, 5.41) is 4.86. The Morgan fingerprint density at radius 2 is 1.78 bits per heavy atom. The van der Waals surface area contributed by atoms with Crippen molar-refractivity contribution in [1.82, 2.24) is 5.32 Å². The highest BCUT2D eigenvalue weighted by Crippen LogP contribution is 2.30. The van der Waals surface area contributed by atoms with Crippen molar-refractivity contribution in [3.8, 4) is 11.5 Å². The Morgan fingerprint density at radius 3 is 2.57 bits per heavy atom. The largest absolute Gasteiger partial charge is 0.486 e. The van der Waals surface area contributed by atoms with Crippen LogP contribution in [0.3, 0.4) is 0 Å². The number of imide groups is 1. The van der Waals surface area contributed by atoms with Crippen molar-refractivity contribution in [1.29, 1.82) is 0 Å². The molecule has 0 radical (unpaired) electrons. The van der Waals surface area contributed by atoms with Gasteiger partial charge in [-0.15, -0.1) is 0 Å². The van der Waals surface area contributed by atoms with Gasteiger partial charge >= 0.3 is 6.03 Å². The molecule has 0 fully saturated rings. The van der Waals surface area contributed by atoms with E-state index in [-0.39, 0.29) is 0 Å². The van der Waals surface area contributed by atoms with Crippen LogP contribution >= 0.6 is 15.9 Å². The molecule has 3 rings (SSSR count). The van der Waals surface area contributed by atoms with E-state index in [1.807, 2.05) is 6.07 Å². The van der Waals surface area contributed by atoms with Gasteiger partial charge in [-0.05, 0) is 36.4 Å². The number of halogens is 1. The third kappa shape index (κ3) is 3.81. The number of rotatable bonds is 2. The Balaban J connectivity index is 1.65. The zero-order valence-electron chi connectivity index (χ0n) is 12.0. The van der Waals surface area contributed by atoms with Gasteiger partial charge in [-0.2, -0.15) is 0 Å². The standard InChI is InChI=1S/C16H13BrN2O4/c17-11-2-1-3-12(9-11)18-16(21)19-15(20)10-4-5-13-14(8-10)23-7-6-22-13/h1-5,8-9H,6-7H2,(H2,18,19,20,21). The molecule has 7 heteroatoms. The molecule has 0 aromatic heterocycles. The number of nitrogens with one attached hydrogen (secondary N) is 2. The van der Waals surface area contributed by atoms with Crippen molar-refractivity contribution in [2.45, 2.75) is 0 Å². The van der Waals surface area contributed by atoms with Gasteiger partial charge in [-0.3, -0.25) is 10.1 Å². The fourth-order valence-corrected chi connectivity index (χ4v) is 2.49. The van der Waals surface area contributed by atoms with Crippen molar-refractivity contribution in [3.05, 3.63) is 52.5 Å². The lowest BCUT2D eigenvalue weighted by Gasteiger charge is -2.18. The zero-order chi connectivity index (χ0) is 16.2. The molecule has 0 spiro atoms. The van der Waals surface area contributed by atoms with E-state index in [4.69, 9.17) is 9.47 Å². The van der Waals surface area contributed by atoms with E-state index in [1.54, 1.807) is 36.4 Å². The summed E-state index contributed by atoms with van der Waals surface area (Å²) in [5.41, 5.74) is 0.894. The fraction of sp³-hybridized carbons (Fsp3) is 0.125. The van der Waals surface area contributed by atoms with Crippen molar-refractivity contribution < 1.29 is 19.1 Å². The Morgan fingerprint density at radius 1 is 1.00 bits per heavy atom. The molecular weight excluding hydrogens is 364 g/mol. The molecule has 0 bridgehead atoms. The van der Waals surface area contributed by atoms with E-state index < -0.39 is 11.9 Å². The first-order chi connectivity index (χ1) is 11.1. The van der Waals surface area contributed by atoms with Gasteiger partial charge in [0.1, 0.15) is 13.2 Å². The number of hydrogen-bond donors (Lipinski definition) is 2. The lowest BCUT2D eigenvalue weighted by molar-refractivity contribution is 0.0966. The van der Waals surface area contributed by atoms with Gasteiger partial charge in [0.05, 0.1) is 0 Å². The SMILES string of the molecule is O=C(NC(=O)c1ccc2c(c1)OCCO2)Nc1cccc(Br)c1. The van der Waals surface area contributed by atoms with Crippen LogP contribution in [0.5, 0.6) is 11.5 Å². The van der Waals surface area contributed by atoms with Crippen LogP contribution in [0.25, 0.3) is 0 Å². The Bertz CT molecular complexity index is 763. The van der Waals surface area contributed by atoms with Gasteiger partial charge in [0, 0.05) is 15.7 Å². The molecular formula is C16H13BrN2O4. The quantitative estimate of drug-likeness (QED) is 0.843. The summed E-state index contributed by atoms with van der Waals surface area (Å²) >= 11 is 3.31. The van der Waals surface area contributed by atoms with Gasteiger partial charge < -0.3 is 14.8 Å². The van der Waals surface area contributed by atoms with Crippen molar-refractivity contribution in [2.24, 2.45) is 0 Å². The predicted octanol–water partition coefficient (Wildman–Crippen LogP) is 3.18. The van der Waals surface area contributed by atoms with Crippen molar-refractivity contribution >= 4 is 33.6 Å². The fourth-order valence-electron chi connectivity index (χ4n) is 2.09. The number of fused-ring (bicyclic) bond motifs is 1. The third-order valence-electron chi connectivity index (χ3n) is 3.11. The minimum absolute atomic E-state index is 0.318. The first-order valence-electron chi connectivity index (χ1n) is 6.89. The molecule has 2 aromatic rings. The zero-order valence-corrected chi connectivity index (χ0v) is 13.6. The van der Waals surface area contributed by atoms with Gasteiger partial charge in [0.15, 0.2) is 11.5 Å². The molecule has 118 valence electrons. The Kier molecular flexibility index (Phi) is 4.47. The average molecular weight is 377 g/mol. The Hall–Kier alpha value is -2.54. The third-order valence-corrected chi connectivity index (χ3v) is 3.61. The summed E-state index contributed by atoms with van der Waals surface area (Å²) < 4.78 is 11.6. The second-order valence-corrected chi connectivity index (χ2v) is 5.69. The first-order valence-corrected chi connectivity index (χ1v) is 7.69. The minimum Gasteiger partial charge on any atom is -0.486 e. The highest BCUT2D eigenvalue weighted by atomic mass is 79.9. The van der Waals surface area contributed by atoms with Crippen LogP contribution in [-0.2, 0) is 0 Å². The molecule has 1 aliphatic rings. The first kappa shape index (κ1) is 15.4. The second-order valence-electron chi connectivity index (χ2n) is 4.78. The van der Waals surface area contributed by atoms with Crippen LogP contribution in [0, 0.1) is 0 Å². The number of urea groups is 1. The van der Waals surface area contributed by atoms with Crippen LogP contribution in [-0.4, -0.2) is 25.2 Å². The molecule has 0 atom stereocenters. The number of anilines is 1. The monoisotopic (exact) mass is 376 g/mol. The molecule has 0 saturated carbocycles. The lowest BCUT2D eigenvalue weighted by Crippen LogP contribution is -2.34. The summed E-state index contributed by atoms with van der Waals surface area (Å²) in [6, 6.07) is 11.2. The number of carbonyl (C=O) groups is 2. The van der Waals surface area contributed by atoms with Gasteiger partial charge in [0.2, 0.25) is 0 Å². The van der Waals surface area contributed by atoms with Crippen LogP contribution in [0.4, 0.5) is 10.5 Å². The molecule has 0 aliphatic carbocycles. The molecule has 0 saturated heterocycles. The highest BCUT2D eigenvalue weighted by Gasteiger charge is 2.16. The van der Waals surface area contributed by atoms with E-state index in [0.29, 0.717) is 36.0 Å². The predicted molar refractivity (Wildman–Crippen MR) is 88.1 cm³/mol. The normalized spacial score (nSPS) is 12.4. The lowest BCUT2D eigenvalue weighted by atomic mass is 10.2. The molecule has 1 heterocycles. The summed E-state index contributed by atoms with van der Waals surface area (Å²) in [6.45, 7) is 0.912. The van der Waals surface area contributed by atoms with E-state index >= 15 is 0 Å². The average Bonchev–Trinajstić information content (AvgIpc) is 2.54. The Labute approximate surface area is 140 Å². The minimum atomic E-state index is -0.608. The molecule has 0 unspecified atom stereocenters. The van der Waals surface area contributed by atoms with Gasteiger partial charge in [0.25, 0.3) is 5.91 Å². The number of benzene rings is 2. The molecule has 23 heavy (non-hydrogen) atoms. The van der Waals surface area contributed by atoms with Crippen LogP contribution in [0.2, 0.25) is 0 Å². The summed E-state index contributed by atoms with van der Waals surface area (Å²) in [7, 11) is 0. The van der Waals surface area contributed by atoms with E-state index in [1.165, 1.54) is 0 Å². The van der Waals surface area contributed by atoms with Crippen LogP contribution in [0.1, 0.15) is 10.4 Å². The van der Waals surface area contributed by atoms with Crippen molar-refractivity contribution in [2.75, 3.05) is 18.5 Å². The van der Waals surface area contributed by atoms with Crippen molar-refractivity contribution in [3.63, 3.8) is 0 Å². The number of ether oxygens (including phenoxy) is 2. The van der Waals surface area contributed by atoms with E-state index in [0.717, 1.165) is 4.47 Å². The molecule has 3 amide bonds. The number of hydrogen-bond acceptors (Lipinski definition) is 4. The number of carbonyl (C=O) groups excluding carboxylic acids is 2. The topological polar surface area (TPSA) is 76.7 Å². The smallest absolute Gasteiger partial charge is 0.326 e. The summed E-state index contributed by atoms with van der Waals surface area (Å²) in [5.74, 6) is 0.567. The van der Waals surface area contributed by atoms with E-state index in [2.05, 4.69) is 26.6 Å².